The minimum absolute atomic E-state index is 0.207. The van der Waals surface area contributed by atoms with Gasteiger partial charge in [0.2, 0.25) is 0 Å². The van der Waals surface area contributed by atoms with Crippen molar-refractivity contribution in [1.82, 2.24) is 0 Å². The molecule has 2 unspecified atom stereocenters. The number of hydrogen-bond acceptors (Lipinski definition) is 0. The molecule has 7 aromatic carbocycles. The van der Waals surface area contributed by atoms with Crippen LogP contribution in [0.15, 0.2) is 133 Å². The molecule has 8 rings (SSSR count). The second-order valence-electron chi connectivity index (χ2n) is 11.2. The van der Waals surface area contributed by atoms with E-state index < -0.39 is 13.4 Å². The first-order valence-electron chi connectivity index (χ1n) is 14.0. The van der Waals surface area contributed by atoms with Gasteiger partial charge in [0.1, 0.15) is 0 Å². The fourth-order valence-corrected chi connectivity index (χ4v) is 16.0. The first-order valence-corrected chi connectivity index (χ1v) is 22.2. The Labute approximate surface area is 265 Å². The Morgan fingerprint density at radius 1 is 0.405 bits per heavy atom. The average molecular weight is 655 g/mol. The number of hydrogen-bond donors (Lipinski definition) is 0. The lowest BCUT2D eigenvalue weighted by Crippen LogP contribution is -2.50. The molecule has 7 aromatic rings. The molecule has 0 saturated heterocycles. The normalized spacial score (nSPS) is 17.0. The van der Waals surface area contributed by atoms with Gasteiger partial charge in [0, 0.05) is 11.1 Å². The van der Waals surface area contributed by atoms with Crippen LogP contribution in [0.3, 0.4) is 0 Å². The Kier molecular flexibility index (Phi) is 6.28. The summed E-state index contributed by atoms with van der Waals surface area (Å²) in [6.45, 7) is -6.35. The van der Waals surface area contributed by atoms with Crippen LogP contribution in [0, 0.1) is 0 Å². The van der Waals surface area contributed by atoms with Crippen LogP contribution in [-0.2, 0) is 0 Å². The van der Waals surface area contributed by atoms with Crippen molar-refractivity contribution in [3.8, 4) is 0 Å². The minimum atomic E-state index is -3.19. The molecule has 0 amide bonds. The van der Waals surface area contributed by atoms with Crippen LogP contribution in [0.25, 0.3) is 32.3 Å². The van der Waals surface area contributed by atoms with E-state index >= 15 is 0 Å². The van der Waals surface area contributed by atoms with E-state index in [0.29, 0.717) is 0 Å². The summed E-state index contributed by atoms with van der Waals surface area (Å²) in [5.41, 5.74) is 4.13. The Balaban J connectivity index is 1.54. The van der Waals surface area contributed by atoms with Crippen molar-refractivity contribution in [2.75, 3.05) is 0 Å². The van der Waals surface area contributed by atoms with Crippen molar-refractivity contribution in [1.29, 1.82) is 0 Å². The molecule has 0 N–H and O–H groups in total. The summed E-state index contributed by atoms with van der Waals surface area (Å²) in [4.78, 5) is 0. The molecular weight excluding hydrogens is 630 g/mol. The molecule has 204 valence electrons. The summed E-state index contributed by atoms with van der Waals surface area (Å²) in [6, 6.07) is 46.7. The molecule has 0 bridgehead atoms. The Bertz CT molecular complexity index is 2090. The van der Waals surface area contributed by atoms with Gasteiger partial charge in [-0.15, -0.1) is 44.3 Å². The van der Waals surface area contributed by atoms with Crippen LogP contribution >= 0.6 is 44.3 Å². The average Bonchev–Trinajstić information content (AvgIpc) is 3.02. The summed E-state index contributed by atoms with van der Waals surface area (Å²) in [6.07, 6.45) is 0. The smallest absolute Gasteiger partial charge is 0.139 e. The third-order valence-corrected chi connectivity index (χ3v) is 19.1. The molecule has 0 radical (unpaired) electrons. The molecule has 0 aliphatic heterocycles. The van der Waals surface area contributed by atoms with E-state index in [1.807, 2.05) is 36.4 Å². The molecule has 2 atom stereocenters. The topological polar surface area (TPSA) is 0 Å². The number of rotatable bonds is 4. The van der Waals surface area contributed by atoms with Crippen LogP contribution < -0.4 is 10.4 Å². The van der Waals surface area contributed by atoms with Gasteiger partial charge in [-0.2, -0.15) is 0 Å². The molecule has 0 fully saturated rings. The van der Waals surface area contributed by atoms with E-state index in [4.69, 9.17) is 44.3 Å². The van der Waals surface area contributed by atoms with Gasteiger partial charge in [0.25, 0.3) is 13.4 Å². The number of benzene rings is 7. The lowest BCUT2D eigenvalue weighted by Gasteiger charge is -2.42. The quantitative estimate of drug-likeness (QED) is 0.101. The SMILES string of the molecule is Cl[Si](Cl)(c1ccccc1)C1c2ccccc2C([Si](Cl)(Cl)c2ccccc2)c2c1cc1ccc3cccc4ccc2c1c34. The highest BCUT2D eigenvalue weighted by atomic mass is 35.7. The highest BCUT2D eigenvalue weighted by molar-refractivity contribution is 7.52. The van der Waals surface area contributed by atoms with Gasteiger partial charge in [-0.1, -0.05) is 133 Å². The predicted octanol–water partition coefficient (Wildman–Crippen LogP) is 9.89. The summed E-state index contributed by atoms with van der Waals surface area (Å²) >= 11 is 30.7. The van der Waals surface area contributed by atoms with E-state index in [1.165, 1.54) is 37.9 Å². The van der Waals surface area contributed by atoms with E-state index in [1.54, 1.807) is 0 Å². The highest BCUT2D eigenvalue weighted by Crippen LogP contribution is 2.56. The summed E-state index contributed by atoms with van der Waals surface area (Å²) in [5.74, 6) is 0. The Morgan fingerprint density at radius 3 is 1.52 bits per heavy atom. The summed E-state index contributed by atoms with van der Waals surface area (Å²) in [7, 11) is 0. The fraction of sp³-hybridized carbons (Fsp3) is 0.0556. The van der Waals surface area contributed by atoms with E-state index in [2.05, 4.69) is 97.1 Å². The standard InChI is InChI=1S/C36H24Cl4Si2/c37-41(38,26-12-3-1-4-13-26)35-28-16-7-8-17-29(28)36(42(39,40)27-14-5-2-6-15-27)34-30-21-20-24-11-9-10-23-18-19-25(22-31(34)35)33(30)32(23)24/h1-22,35-36H. The van der Waals surface area contributed by atoms with E-state index in [-0.39, 0.29) is 11.1 Å². The van der Waals surface area contributed by atoms with Crippen LogP contribution in [0.5, 0.6) is 0 Å². The largest absolute Gasteiger partial charge is 0.292 e. The maximum absolute atomic E-state index is 7.71. The van der Waals surface area contributed by atoms with Gasteiger partial charge in [-0.3, -0.25) is 0 Å². The first kappa shape index (κ1) is 26.8. The summed E-state index contributed by atoms with van der Waals surface area (Å²) < 4.78 is 0. The van der Waals surface area contributed by atoms with Gasteiger partial charge >= 0.3 is 0 Å². The van der Waals surface area contributed by atoms with Crippen LogP contribution in [0.4, 0.5) is 0 Å². The maximum Gasteiger partial charge on any atom is 0.292 e. The van der Waals surface area contributed by atoms with E-state index in [0.717, 1.165) is 27.1 Å². The molecule has 0 aromatic heterocycles. The van der Waals surface area contributed by atoms with Crippen molar-refractivity contribution in [3.63, 3.8) is 0 Å². The second-order valence-corrected chi connectivity index (χ2v) is 24.3. The molecule has 42 heavy (non-hydrogen) atoms. The lowest BCUT2D eigenvalue weighted by molar-refractivity contribution is 0.945. The zero-order valence-electron chi connectivity index (χ0n) is 22.4. The molecule has 0 spiro atoms. The molecule has 1 aliphatic carbocycles. The van der Waals surface area contributed by atoms with Crippen molar-refractivity contribution < 1.29 is 0 Å². The maximum atomic E-state index is 7.71. The fourth-order valence-electron chi connectivity index (χ4n) is 7.20. The van der Waals surface area contributed by atoms with Gasteiger partial charge in [0.15, 0.2) is 0 Å². The van der Waals surface area contributed by atoms with Crippen LogP contribution in [0.1, 0.15) is 33.3 Å². The monoisotopic (exact) mass is 652 g/mol. The van der Waals surface area contributed by atoms with Gasteiger partial charge in [0.05, 0.1) is 0 Å². The third-order valence-electron chi connectivity index (χ3n) is 8.98. The number of halogens is 4. The van der Waals surface area contributed by atoms with Crippen LogP contribution in [-0.4, -0.2) is 13.4 Å². The first-order chi connectivity index (χ1) is 20.4. The molecule has 0 heterocycles. The van der Waals surface area contributed by atoms with Gasteiger partial charge < -0.3 is 0 Å². The molecule has 1 aliphatic rings. The Hall–Kier alpha value is -2.83. The van der Waals surface area contributed by atoms with E-state index in [9.17, 15) is 0 Å². The molecule has 0 nitrogen and oxygen atoms in total. The Morgan fingerprint density at radius 2 is 0.905 bits per heavy atom. The minimum Gasteiger partial charge on any atom is -0.139 e. The molecular formula is C36H24Cl4Si2. The van der Waals surface area contributed by atoms with Gasteiger partial charge in [-0.25, -0.2) is 0 Å². The zero-order chi connectivity index (χ0) is 28.6. The molecule has 6 heteroatoms. The molecule has 0 saturated carbocycles. The van der Waals surface area contributed by atoms with Crippen molar-refractivity contribution >= 4 is 100 Å². The summed E-state index contributed by atoms with van der Waals surface area (Å²) in [5, 5.41) is 9.30. The van der Waals surface area contributed by atoms with Crippen molar-refractivity contribution in [2.24, 2.45) is 0 Å². The number of fused-ring (bicyclic) bond motifs is 3. The predicted molar refractivity (Wildman–Crippen MR) is 187 cm³/mol. The van der Waals surface area contributed by atoms with Crippen LogP contribution in [0.2, 0.25) is 0 Å². The highest BCUT2D eigenvalue weighted by Gasteiger charge is 2.53. The third kappa shape index (κ3) is 3.87. The lowest BCUT2D eigenvalue weighted by atomic mass is 9.80. The van der Waals surface area contributed by atoms with Crippen molar-refractivity contribution in [2.45, 2.75) is 11.1 Å². The van der Waals surface area contributed by atoms with Gasteiger partial charge in [-0.05, 0) is 64.9 Å². The van der Waals surface area contributed by atoms with Crippen molar-refractivity contribution in [3.05, 3.63) is 156 Å². The zero-order valence-corrected chi connectivity index (χ0v) is 27.4. The second kappa shape index (κ2) is 9.85.